The predicted molar refractivity (Wildman–Crippen MR) is 77.8 cm³/mol. The monoisotopic (exact) mass is 311 g/mol. The van der Waals surface area contributed by atoms with Crippen LogP contribution < -0.4 is 4.72 Å². The minimum atomic E-state index is -3.60. The van der Waals surface area contributed by atoms with E-state index in [1.807, 2.05) is 0 Å². The van der Waals surface area contributed by atoms with Gasteiger partial charge in [0.2, 0.25) is 10.0 Å². The van der Waals surface area contributed by atoms with E-state index < -0.39 is 10.0 Å². The van der Waals surface area contributed by atoms with Crippen molar-refractivity contribution in [3.8, 4) is 0 Å². The zero-order chi connectivity index (χ0) is 14.6. The maximum absolute atomic E-state index is 12.1. The van der Waals surface area contributed by atoms with E-state index in [9.17, 15) is 8.42 Å². The summed E-state index contributed by atoms with van der Waals surface area (Å²) in [7, 11) is -3.60. The molecule has 0 amide bonds. The van der Waals surface area contributed by atoms with Crippen LogP contribution >= 0.6 is 11.6 Å². The normalized spacial score (nSPS) is 11.5. The van der Waals surface area contributed by atoms with E-state index in [0.29, 0.717) is 5.02 Å². The third kappa shape index (κ3) is 3.80. The molecule has 106 valence electrons. The summed E-state index contributed by atoms with van der Waals surface area (Å²) in [6, 6.07) is 13.2. The quantitative estimate of drug-likeness (QED) is 0.890. The third-order valence-corrected chi connectivity index (χ3v) is 4.38. The third-order valence-electron chi connectivity index (χ3n) is 2.75. The van der Waals surface area contributed by atoms with Crippen LogP contribution in [0.3, 0.4) is 0 Å². The standard InChI is InChI=1S/C14H14ClNO3S/c15-13-5-2-6-14(8-13)20(18,19)16-9-11-3-1-4-12(7-11)10-17/h1-8,16-17H,9-10H2. The average Bonchev–Trinajstić information content (AvgIpc) is 2.45. The molecule has 0 aliphatic carbocycles. The summed E-state index contributed by atoms with van der Waals surface area (Å²) in [5, 5.41) is 9.42. The molecule has 0 spiro atoms. The first-order valence-electron chi connectivity index (χ1n) is 5.95. The molecule has 0 aromatic heterocycles. The second-order valence-corrected chi connectivity index (χ2v) is 6.46. The Morgan fingerprint density at radius 1 is 1.05 bits per heavy atom. The van der Waals surface area contributed by atoms with Gasteiger partial charge in [0.1, 0.15) is 0 Å². The molecule has 2 aromatic rings. The van der Waals surface area contributed by atoms with Gasteiger partial charge in [-0.05, 0) is 29.3 Å². The van der Waals surface area contributed by atoms with Crippen LogP contribution in [0.4, 0.5) is 0 Å². The Kier molecular flexibility index (Phi) is 4.77. The van der Waals surface area contributed by atoms with Crippen molar-refractivity contribution >= 4 is 21.6 Å². The highest BCUT2D eigenvalue weighted by Gasteiger charge is 2.13. The van der Waals surface area contributed by atoms with Crippen molar-refractivity contribution in [2.45, 2.75) is 18.0 Å². The molecule has 0 bridgehead atoms. The van der Waals surface area contributed by atoms with Gasteiger partial charge in [-0.15, -0.1) is 0 Å². The topological polar surface area (TPSA) is 66.4 Å². The summed E-state index contributed by atoms with van der Waals surface area (Å²) in [5.74, 6) is 0. The van der Waals surface area contributed by atoms with E-state index in [1.165, 1.54) is 12.1 Å². The fourth-order valence-corrected chi connectivity index (χ4v) is 3.05. The Balaban J connectivity index is 2.13. The largest absolute Gasteiger partial charge is 0.392 e. The lowest BCUT2D eigenvalue weighted by atomic mass is 10.1. The van der Waals surface area contributed by atoms with E-state index in [2.05, 4.69) is 4.72 Å². The number of benzene rings is 2. The fourth-order valence-electron chi connectivity index (χ4n) is 1.73. The van der Waals surface area contributed by atoms with E-state index in [-0.39, 0.29) is 18.0 Å². The highest BCUT2D eigenvalue weighted by molar-refractivity contribution is 7.89. The van der Waals surface area contributed by atoms with Crippen molar-refractivity contribution in [3.63, 3.8) is 0 Å². The molecule has 0 saturated carbocycles. The molecule has 6 heteroatoms. The van der Waals surface area contributed by atoms with Gasteiger partial charge in [0.15, 0.2) is 0 Å². The van der Waals surface area contributed by atoms with E-state index in [0.717, 1.165) is 11.1 Å². The second kappa shape index (κ2) is 6.37. The maximum atomic E-state index is 12.1. The number of sulfonamides is 1. The van der Waals surface area contributed by atoms with Gasteiger partial charge in [0.25, 0.3) is 0 Å². The first-order valence-corrected chi connectivity index (χ1v) is 7.81. The molecule has 0 heterocycles. The Bertz CT molecular complexity index is 701. The minimum Gasteiger partial charge on any atom is -0.392 e. The van der Waals surface area contributed by atoms with Gasteiger partial charge >= 0.3 is 0 Å². The van der Waals surface area contributed by atoms with Crippen molar-refractivity contribution in [1.82, 2.24) is 4.72 Å². The minimum absolute atomic E-state index is 0.0745. The molecule has 20 heavy (non-hydrogen) atoms. The molecule has 0 aliphatic rings. The van der Waals surface area contributed by atoms with Crippen molar-refractivity contribution in [2.24, 2.45) is 0 Å². The van der Waals surface area contributed by atoms with Crippen LogP contribution in [0.5, 0.6) is 0 Å². The molecular weight excluding hydrogens is 298 g/mol. The van der Waals surface area contributed by atoms with Gasteiger partial charge < -0.3 is 5.11 Å². The van der Waals surface area contributed by atoms with Gasteiger partial charge in [0, 0.05) is 11.6 Å². The Hall–Kier alpha value is -1.40. The van der Waals surface area contributed by atoms with Crippen LogP contribution in [0.1, 0.15) is 11.1 Å². The van der Waals surface area contributed by atoms with Crippen molar-refractivity contribution < 1.29 is 13.5 Å². The lowest BCUT2D eigenvalue weighted by Gasteiger charge is -2.08. The summed E-state index contributed by atoms with van der Waals surface area (Å²) in [6.07, 6.45) is 0. The molecule has 2 aromatic carbocycles. The van der Waals surface area contributed by atoms with Crippen molar-refractivity contribution in [1.29, 1.82) is 0 Å². The highest BCUT2D eigenvalue weighted by Crippen LogP contribution is 2.15. The Morgan fingerprint density at radius 3 is 2.45 bits per heavy atom. The number of nitrogens with one attached hydrogen (secondary N) is 1. The zero-order valence-corrected chi connectivity index (χ0v) is 12.2. The molecule has 0 radical (unpaired) electrons. The van der Waals surface area contributed by atoms with E-state index in [4.69, 9.17) is 16.7 Å². The number of rotatable bonds is 5. The first-order chi connectivity index (χ1) is 9.51. The van der Waals surface area contributed by atoms with Crippen LogP contribution in [-0.2, 0) is 23.2 Å². The SMILES string of the molecule is O=S(=O)(NCc1cccc(CO)c1)c1cccc(Cl)c1. The molecule has 0 aliphatic heterocycles. The van der Waals surface area contributed by atoms with Crippen LogP contribution in [-0.4, -0.2) is 13.5 Å². The smallest absolute Gasteiger partial charge is 0.240 e. The van der Waals surface area contributed by atoms with Crippen LogP contribution in [0.15, 0.2) is 53.4 Å². The van der Waals surface area contributed by atoms with Gasteiger partial charge in [-0.2, -0.15) is 0 Å². The summed E-state index contributed by atoms with van der Waals surface area (Å²) < 4.78 is 26.7. The zero-order valence-electron chi connectivity index (χ0n) is 10.6. The molecule has 0 saturated heterocycles. The summed E-state index contributed by atoms with van der Waals surface area (Å²) in [6.45, 7) is 0.0809. The van der Waals surface area contributed by atoms with Gasteiger partial charge in [-0.3, -0.25) is 0 Å². The maximum Gasteiger partial charge on any atom is 0.240 e. The first kappa shape index (κ1) is 15.0. The highest BCUT2D eigenvalue weighted by atomic mass is 35.5. The lowest BCUT2D eigenvalue weighted by molar-refractivity contribution is 0.281. The Labute approximate surface area is 123 Å². The lowest BCUT2D eigenvalue weighted by Crippen LogP contribution is -2.23. The molecule has 0 fully saturated rings. The molecule has 4 nitrogen and oxygen atoms in total. The van der Waals surface area contributed by atoms with E-state index >= 15 is 0 Å². The molecule has 0 unspecified atom stereocenters. The number of aliphatic hydroxyl groups excluding tert-OH is 1. The van der Waals surface area contributed by atoms with Crippen LogP contribution in [0.25, 0.3) is 0 Å². The summed E-state index contributed by atoms with van der Waals surface area (Å²) >= 11 is 5.79. The number of halogens is 1. The van der Waals surface area contributed by atoms with Crippen LogP contribution in [0.2, 0.25) is 5.02 Å². The summed E-state index contributed by atoms with van der Waals surface area (Å²) in [5.41, 5.74) is 1.52. The molecule has 2 N–H and O–H groups in total. The predicted octanol–water partition coefficient (Wildman–Crippen LogP) is 2.31. The van der Waals surface area contributed by atoms with Gasteiger partial charge in [-0.25, -0.2) is 13.1 Å². The molecular formula is C14H14ClNO3S. The Morgan fingerprint density at radius 2 is 1.75 bits per heavy atom. The van der Waals surface area contributed by atoms with E-state index in [1.54, 1.807) is 36.4 Å². The fraction of sp³-hybridized carbons (Fsp3) is 0.143. The van der Waals surface area contributed by atoms with Gasteiger partial charge in [0.05, 0.1) is 11.5 Å². The number of aliphatic hydroxyl groups is 1. The summed E-state index contributed by atoms with van der Waals surface area (Å²) in [4.78, 5) is 0.128. The molecule has 2 rings (SSSR count). The average molecular weight is 312 g/mol. The second-order valence-electron chi connectivity index (χ2n) is 4.26. The van der Waals surface area contributed by atoms with Gasteiger partial charge in [-0.1, -0.05) is 41.9 Å². The van der Waals surface area contributed by atoms with Crippen molar-refractivity contribution in [2.75, 3.05) is 0 Å². The van der Waals surface area contributed by atoms with Crippen LogP contribution in [0, 0.1) is 0 Å². The van der Waals surface area contributed by atoms with Crippen molar-refractivity contribution in [3.05, 3.63) is 64.7 Å². The molecule has 0 atom stereocenters. The number of hydrogen-bond acceptors (Lipinski definition) is 3. The number of hydrogen-bond donors (Lipinski definition) is 2.